The Bertz CT molecular complexity index is 531. The highest BCUT2D eigenvalue weighted by molar-refractivity contribution is 5.13. The maximum atomic E-state index is 10.1. The van der Waals surface area contributed by atoms with Crippen LogP contribution in [0, 0.1) is 11.8 Å². The van der Waals surface area contributed by atoms with Gasteiger partial charge in [-0.1, -0.05) is 42.2 Å². The molecule has 5 heteroatoms. The molecule has 1 heterocycles. The molecule has 1 aliphatic heterocycles. The molecule has 5 nitrogen and oxygen atoms in total. The first kappa shape index (κ1) is 17.9. The molecule has 1 aromatic carbocycles. The second-order valence-corrected chi connectivity index (χ2v) is 5.88. The summed E-state index contributed by atoms with van der Waals surface area (Å²) in [6, 6.07) is 9.91. The normalized spacial score (nSPS) is 24.0. The zero-order valence-corrected chi connectivity index (χ0v) is 13.6. The Hall–Kier alpha value is -1.42. The Kier molecular flexibility index (Phi) is 6.58. The van der Waals surface area contributed by atoms with Crippen LogP contribution in [-0.2, 0) is 20.8 Å². The highest BCUT2D eigenvalue weighted by atomic mass is 16.8. The van der Waals surface area contributed by atoms with Crippen LogP contribution in [0.3, 0.4) is 0 Å². The van der Waals surface area contributed by atoms with Gasteiger partial charge < -0.3 is 24.4 Å². The summed E-state index contributed by atoms with van der Waals surface area (Å²) in [7, 11) is 0. The topological polar surface area (TPSA) is 68.2 Å². The number of aliphatic hydroxyl groups is 2. The number of benzene rings is 1. The first-order valence-corrected chi connectivity index (χ1v) is 7.76. The second-order valence-electron chi connectivity index (χ2n) is 5.88. The molecule has 0 saturated carbocycles. The zero-order valence-electron chi connectivity index (χ0n) is 13.6. The van der Waals surface area contributed by atoms with Gasteiger partial charge in [-0.2, -0.15) is 0 Å². The van der Waals surface area contributed by atoms with Crippen LogP contribution in [0.15, 0.2) is 30.3 Å². The van der Waals surface area contributed by atoms with Crippen molar-refractivity contribution in [2.45, 2.75) is 51.0 Å². The Morgan fingerprint density at radius 3 is 2.70 bits per heavy atom. The third-order valence-corrected chi connectivity index (χ3v) is 3.45. The molecule has 0 aromatic heterocycles. The molecule has 0 radical (unpaired) electrons. The van der Waals surface area contributed by atoms with Crippen molar-refractivity contribution in [3.63, 3.8) is 0 Å². The van der Waals surface area contributed by atoms with Gasteiger partial charge in [-0.25, -0.2) is 0 Å². The molecule has 1 aliphatic rings. The average Bonchev–Trinajstić information content (AvgIpc) is 2.86. The maximum absolute atomic E-state index is 10.1. The quantitative estimate of drug-likeness (QED) is 0.614. The molecular weight excluding hydrogens is 296 g/mol. The minimum atomic E-state index is -0.997. The Labute approximate surface area is 137 Å². The lowest BCUT2D eigenvalue weighted by atomic mass is 10.1. The molecule has 0 unspecified atom stereocenters. The van der Waals surface area contributed by atoms with Crippen LogP contribution < -0.4 is 0 Å². The van der Waals surface area contributed by atoms with E-state index in [1.165, 1.54) is 0 Å². The average molecular weight is 320 g/mol. The van der Waals surface area contributed by atoms with Crippen LogP contribution in [0.4, 0.5) is 0 Å². The lowest BCUT2D eigenvalue weighted by molar-refractivity contribution is -0.154. The standard InChI is InChI=1S/C18H24O5/c1-18(2)22-16(12-19)17(23-18)15(20)10-6-7-11-21-13-14-8-4-3-5-9-14/h3-5,8-9,15-17,19-20H,7,11-13H2,1-2H3/t15-,16+,17-/m0/s1. The number of aliphatic hydroxyl groups excluding tert-OH is 2. The highest BCUT2D eigenvalue weighted by Gasteiger charge is 2.44. The summed E-state index contributed by atoms with van der Waals surface area (Å²) in [5.74, 6) is 4.79. The van der Waals surface area contributed by atoms with Gasteiger partial charge in [0.1, 0.15) is 18.3 Å². The van der Waals surface area contributed by atoms with Crippen molar-refractivity contribution in [3.05, 3.63) is 35.9 Å². The third-order valence-electron chi connectivity index (χ3n) is 3.45. The van der Waals surface area contributed by atoms with E-state index in [9.17, 15) is 10.2 Å². The second kappa shape index (κ2) is 8.44. The van der Waals surface area contributed by atoms with Crippen LogP contribution in [0.2, 0.25) is 0 Å². The van der Waals surface area contributed by atoms with E-state index in [-0.39, 0.29) is 6.61 Å². The molecular formula is C18H24O5. The fourth-order valence-electron chi connectivity index (χ4n) is 2.42. The van der Waals surface area contributed by atoms with Crippen LogP contribution in [0.25, 0.3) is 0 Å². The number of hydrogen-bond donors (Lipinski definition) is 2. The van der Waals surface area contributed by atoms with E-state index in [2.05, 4.69) is 11.8 Å². The van der Waals surface area contributed by atoms with Crippen molar-refractivity contribution in [2.24, 2.45) is 0 Å². The molecule has 23 heavy (non-hydrogen) atoms. The van der Waals surface area contributed by atoms with Crippen molar-refractivity contribution >= 4 is 0 Å². The summed E-state index contributed by atoms with van der Waals surface area (Å²) in [5, 5.41) is 19.4. The van der Waals surface area contributed by atoms with Gasteiger partial charge in [0.05, 0.1) is 19.8 Å². The molecule has 1 fully saturated rings. The summed E-state index contributed by atoms with van der Waals surface area (Å²) in [6.07, 6.45) is -1.69. The van der Waals surface area contributed by atoms with Gasteiger partial charge in [-0.05, 0) is 19.4 Å². The van der Waals surface area contributed by atoms with Crippen LogP contribution in [0.5, 0.6) is 0 Å². The predicted molar refractivity (Wildman–Crippen MR) is 85.4 cm³/mol. The molecule has 0 bridgehead atoms. The van der Waals surface area contributed by atoms with Gasteiger partial charge in [0.2, 0.25) is 0 Å². The number of rotatable bonds is 6. The predicted octanol–water partition coefficient (Wildman–Crippen LogP) is 1.47. The summed E-state index contributed by atoms with van der Waals surface area (Å²) in [6.45, 7) is 4.31. The summed E-state index contributed by atoms with van der Waals surface area (Å²) in [5.41, 5.74) is 1.12. The van der Waals surface area contributed by atoms with Gasteiger partial charge in [-0.15, -0.1) is 0 Å². The van der Waals surface area contributed by atoms with Crippen LogP contribution >= 0.6 is 0 Å². The minimum absolute atomic E-state index is 0.215. The largest absolute Gasteiger partial charge is 0.394 e. The van der Waals surface area contributed by atoms with Crippen molar-refractivity contribution in [1.29, 1.82) is 0 Å². The lowest BCUT2D eigenvalue weighted by Crippen LogP contribution is -2.36. The molecule has 0 aliphatic carbocycles. The molecule has 2 rings (SSSR count). The van der Waals surface area contributed by atoms with E-state index in [1.54, 1.807) is 13.8 Å². The highest BCUT2D eigenvalue weighted by Crippen LogP contribution is 2.29. The van der Waals surface area contributed by atoms with E-state index in [4.69, 9.17) is 14.2 Å². The molecule has 3 atom stereocenters. The fraction of sp³-hybridized carbons (Fsp3) is 0.556. The van der Waals surface area contributed by atoms with Crippen molar-refractivity contribution < 1.29 is 24.4 Å². The Balaban J connectivity index is 1.71. The smallest absolute Gasteiger partial charge is 0.164 e. The molecule has 126 valence electrons. The van der Waals surface area contributed by atoms with Crippen molar-refractivity contribution in [1.82, 2.24) is 0 Å². The first-order chi connectivity index (χ1) is 11.0. The third kappa shape index (κ3) is 5.61. The van der Waals surface area contributed by atoms with E-state index in [1.807, 2.05) is 30.3 Å². The monoisotopic (exact) mass is 320 g/mol. The van der Waals surface area contributed by atoms with Gasteiger partial charge in [0.15, 0.2) is 5.79 Å². The summed E-state index contributed by atoms with van der Waals surface area (Å²) >= 11 is 0. The van der Waals surface area contributed by atoms with Crippen LogP contribution in [0.1, 0.15) is 25.8 Å². The van der Waals surface area contributed by atoms with Gasteiger partial charge in [0, 0.05) is 6.42 Å². The van der Waals surface area contributed by atoms with Crippen molar-refractivity contribution in [3.8, 4) is 11.8 Å². The van der Waals surface area contributed by atoms with Crippen LogP contribution in [-0.4, -0.2) is 47.5 Å². The van der Waals surface area contributed by atoms with Crippen molar-refractivity contribution in [2.75, 3.05) is 13.2 Å². The van der Waals surface area contributed by atoms with Gasteiger partial charge in [-0.3, -0.25) is 0 Å². The lowest BCUT2D eigenvalue weighted by Gasteiger charge is -2.17. The molecule has 0 spiro atoms. The molecule has 0 amide bonds. The summed E-state index contributed by atoms with van der Waals surface area (Å²) < 4.78 is 16.6. The Morgan fingerprint density at radius 1 is 1.26 bits per heavy atom. The minimum Gasteiger partial charge on any atom is -0.394 e. The molecule has 1 saturated heterocycles. The summed E-state index contributed by atoms with van der Waals surface area (Å²) in [4.78, 5) is 0. The fourth-order valence-corrected chi connectivity index (χ4v) is 2.42. The SMILES string of the molecule is CC1(C)O[C@@H]([C@@H](O)C#CCCOCc2ccccc2)[C@@H](CO)O1. The van der Waals surface area contributed by atoms with Gasteiger partial charge >= 0.3 is 0 Å². The first-order valence-electron chi connectivity index (χ1n) is 7.76. The number of hydrogen-bond acceptors (Lipinski definition) is 5. The van der Waals surface area contributed by atoms with E-state index in [0.29, 0.717) is 19.6 Å². The molecule has 1 aromatic rings. The van der Waals surface area contributed by atoms with E-state index in [0.717, 1.165) is 5.56 Å². The van der Waals surface area contributed by atoms with E-state index < -0.39 is 24.1 Å². The van der Waals surface area contributed by atoms with E-state index >= 15 is 0 Å². The molecule has 2 N–H and O–H groups in total. The number of ether oxygens (including phenoxy) is 3. The Morgan fingerprint density at radius 2 is 2.00 bits per heavy atom. The van der Waals surface area contributed by atoms with Gasteiger partial charge in [0.25, 0.3) is 0 Å². The zero-order chi connectivity index (χ0) is 16.7. The maximum Gasteiger partial charge on any atom is 0.164 e.